The predicted octanol–water partition coefficient (Wildman–Crippen LogP) is 4.71. The summed E-state index contributed by atoms with van der Waals surface area (Å²) >= 11 is 0. The predicted molar refractivity (Wildman–Crippen MR) is 166 cm³/mol. The van der Waals surface area contributed by atoms with Gasteiger partial charge in [-0.05, 0) is 93.4 Å². The van der Waals surface area contributed by atoms with Crippen LogP contribution < -0.4 is 10.6 Å². The van der Waals surface area contributed by atoms with Gasteiger partial charge in [-0.3, -0.25) is 24.0 Å². The number of benzene rings is 3. The van der Waals surface area contributed by atoms with Crippen LogP contribution in [0.15, 0.2) is 85.2 Å². The van der Waals surface area contributed by atoms with Crippen LogP contribution in [0.2, 0.25) is 0 Å². The van der Waals surface area contributed by atoms with Crippen molar-refractivity contribution in [2.24, 2.45) is 0 Å². The number of nitrogens with one attached hydrogen (secondary N) is 2. The zero-order valence-electron chi connectivity index (χ0n) is 24.6. The third kappa shape index (κ3) is 6.47. The number of likely N-dealkylation sites (N-methyl/N-ethyl adjacent to an activating group) is 1. The molecule has 0 saturated carbocycles. The molecule has 0 unspecified atom stereocenters. The summed E-state index contributed by atoms with van der Waals surface area (Å²) in [5, 5.41) is 14.4. The van der Waals surface area contributed by atoms with Crippen LogP contribution >= 0.6 is 0 Å². The van der Waals surface area contributed by atoms with Gasteiger partial charge in [-0.2, -0.15) is 0 Å². The first-order valence-electron chi connectivity index (χ1n) is 14.9. The van der Waals surface area contributed by atoms with Crippen LogP contribution in [0, 0.1) is 0 Å². The number of nitrogens with zero attached hydrogens (tertiary/aromatic N) is 5. The summed E-state index contributed by atoms with van der Waals surface area (Å²) in [4.78, 5) is 42.1. The molecule has 226 valence electrons. The average molecular weight is 594 g/mol. The van der Waals surface area contributed by atoms with Crippen molar-refractivity contribution in [1.29, 1.82) is 0 Å². The smallest absolute Gasteiger partial charge is 0.410 e. The maximum absolute atomic E-state index is 13.1. The maximum Gasteiger partial charge on any atom is 0.410 e. The van der Waals surface area contributed by atoms with Gasteiger partial charge in [0.1, 0.15) is 19.0 Å². The lowest BCUT2D eigenvalue weighted by Gasteiger charge is -2.23. The first-order valence-corrected chi connectivity index (χ1v) is 14.9. The molecule has 11 nitrogen and oxygen atoms in total. The van der Waals surface area contributed by atoms with E-state index in [0.29, 0.717) is 24.5 Å². The minimum absolute atomic E-state index is 0.0109. The van der Waals surface area contributed by atoms with Crippen molar-refractivity contribution >= 4 is 29.3 Å². The van der Waals surface area contributed by atoms with Gasteiger partial charge in [0.25, 0.3) is 0 Å². The number of aromatic nitrogens is 3. The number of likely N-dealkylation sites (tertiary alicyclic amines) is 2. The summed E-state index contributed by atoms with van der Waals surface area (Å²) in [7, 11) is 1.98. The van der Waals surface area contributed by atoms with Crippen molar-refractivity contribution in [1.82, 2.24) is 24.6 Å². The van der Waals surface area contributed by atoms with Crippen LogP contribution in [0.25, 0.3) is 17.1 Å². The van der Waals surface area contributed by atoms with Crippen LogP contribution in [-0.4, -0.2) is 74.7 Å². The Labute approximate surface area is 255 Å². The normalized spacial score (nSPS) is 18.2. The molecule has 0 radical (unpaired) electrons. The number of rotatable bonds is 8. The Kier molecular flexibility index (Phi) is 8.64. The van der Waals surface area contributed by atoms with Crippen LogP contribution in [0.1, 0.15) is 31.2 Å². The lowest BCUT2D eigenvalue weighted by Crippen LogP contribution is -2.43. The molecule has 6 rings (SSSR count). The average Bonchev–Trinajstić information content (AvgIpc) is 3.83. The monoisotopic (exact) mass is 593 g/mol. The second kappa shape index (κ2) is 13.1. The van der Waals surface area contributed by atoms with Gasteiger partial charge in [-0.25, -0.2) is 4.79 Å². The van der Waals surface area contributed by atoms with E-state index in [9.17, 15) is 14.4 Å². The van der Waals surface area contributed by atoms with Crippen LogP contribution in [0.3, 0.4) is 0 Å². The largest absolute Gasteiger partial charge is 0.445 e. The molecule has 2 fully saturated rings. The summed E-state index contributed by atoms with van der Waals surface area (Å²) in [5.41, 5.74) is 3.90. The fourth-order valence-corrected chi connectivity index (χ4v) is 5.78. The van der Waals surface area contributed by atoms with Gasteiger partial charge in [-0.15, -0.1) is 10.2 Å². The van der Waals surface area contributed by atoms with Crippen molar-refractivity contribution in [3.8, 4) is 17.1 Å². The number of hydrogen-bond donors (Lipinski definition) is 2. The Balaban J connectivity index is 1.07. The highest BCUT2D eigenvalue weighted by Crippen LogP contribution is 2.25. The zero-order valence-corrected chi connectivity index (χ0v) is 24.6. The number of amides is 3. The summed E-state index contributed by atoms with van der Waals surface area (Å²) in [6.45, 7) is 1.58. The van der Waals surface area contributed by atoms with E-state index in [1.807, 2.05) is 90.5 Å². The molecule has 4 aromatic rings. The van der Waals surface area contributed by atoms with E-state index in [1.165, 1.54) is 4.90 Å². The van der Waals surface area contributed by atoms with Gasteiger partial charge in [0, 0.05) is 29.2 Å². The minimum atomic E-state index is -0.589. The number of carbonyl (C=O) groups is 3. The van der Waals surface area contributed by atoms with Crippen molar-refractivity contribution in [2.75, 3.05) is 30.8 Å². The molecule has 2 aliphatic heterocycles. The first kappa shape index (κ1) is 29.1. The number of hydrogen-bond acceptors (Lipinski definition) is 7. The summed E-state index contributed by atoms with van der Waals surface area (Å²) < 4.78 is 7.32. The molecule has 2 N–H and O–H groups in total. The van der Waals surface area contributed by atoms with E-state index in [1.54, 1.807) is 6.33 Å². The molecular weight excluding hydrogens is 558 g/mol. The van der Waals surface area contributed by atoms with Crippen LogP contribution in [0.5, 0.6) is 0 Å². The SMILES string of the molecule is CN1CCC[C@H]1C(=O)Nc1ccc(-c2nncn2-c2ccc(NC(=O)[C@@H]3CCCN3C(=O)OCc3ccccc3)cc2)cc1. The van der Waals surface area contributed by atoms with Gasteiger partial charge < -0.3 is 15.4 Å². The molecule has 2 saturated heterocycles. The van der Waals surface area contributed by atoms with Gasteiger partial charge in [0.15, 0.2) is 5.82 Å². The summed E-state index contributed by atoms with van der Waals surface area (Å²) in [5.74, 6) is 0.409. The molecule has 2 atom stereocenters. The molecule has 3 aromatic carbocycles. The van der Waals surface area contributed by atoms with Crippen molar-refractivity contribution in [3.05, 3.63) is 90.8 Å². The number of carbonyl (C=O) groups excluding carboxylic acids is 3. The highest BCUT2D eigenvalue weighted by atomic mass is 16.6. The Hall–Kier alpha value is -5.03. The third-order valence-electron chi connectivity index (χ3n) is 8.19. The molecule has 3 heterocycles. The van der Waals surface area contributed by atoms with Gasteiger partial charge in [0.2, 0.25) is 11.8 Å². The minimum Gasteiger partial charge on any atom is -0.445 e. The van der Waals surface area contributed by atoms with E-state index in [0.717, 1.165) is 48.3 Å². The molecule has 2 aliphatic rings. The van der Waals surface area contributed by atoms with Gasteiger partial charge >= 0.3 is 6.09 Å². The molecule has 0 spiro atoms. The molecule has 1 aromatic heterocycles. The van der Waals surface area contributed by atoms with Crippen molar-refractivity contribution in [2.45, 2.75) is 44.4 Å². The van der Waals surface area contributed by atoms with Gasteiger partial charge in [-0.1, -0.05) is 30.3 Å². The zero-order chi connectivity index (χ0) is 30.5. The first-order chi connectivity index (χ1) is 21.5. The second-order valence-corrected chi connectivity index (χ2v) is 11.2. The third-order valence-corrected chi connectivity index (χ3v) is 8.19. The van der Waals surface area contributed by atoms with Crippen LogP contribution in [-0.2, 0) is 20.9 Å². The highest BCUT2D eigenvalue weighted by molar-refractivity contribution is 5.97. The standard InChI is InChI=1S/C33H35N7O4/c1-38-19-5-9-28(38)31(41)35-25-13-11-24(12-14-25)30-37-34-22-40(30)27-17-15-26(16-18-27)36-32(42)29-10-6-20-39(29)33(43)44-21-23-7-3-2-4-8-23/h2-4,7-8,11-18,22,28-29H,5-6,9-10,19-21H2,1H3,(H,35,41)(H,36,42)/t28-,29-/m0/s1. The fourth-order valence-electron chi connectivity index (χ4n) is 5.78. The van der Waals surface area contributed by atoms with Gasteiger partial charge in [0.05, 0.1) is 6.04 Å². The topological polar surface area (TPSA) is 122 Å². The maximum atomic E-state index is 13.1. The van der Waals surface area contributed by atoms with E-state index in [2.05, 4.69) is 25.7 Å². The van der Waals surface area contributed by atoms with Crippen molar-refractivity contribution in [3.63, 3.8) is 0 Å². The highest BCUT2D eigenvalue weighted by Gasteiger charge is 2.35. The molecular formula is C33H35N7O4. The number of ether oxygens (including phenoxy) is 1. The summed E-state index contributed by atoms with van der Waals surface area (Å²) in [6.07, 6.45) is 4.36. The lowest BCUT2D eigenvalue weighted by atomic mass is 10.1. The Bertz CT molecular complexity index is 1610. The van der Waals surface area contributed by atoms with Crippen LogP contribution in [0.4, 0.5) is 16.2 Å². The second-order valence-electron chi connectivity index (χ2n) is 11.2. The van der Waals surface area contributed by atoms with E-state index in [-0.39, 0.29) is 24.5 Å². The fraction of sp³-hybridized carbons (Fsp3) is 0.303. The molecule has 44 heavy (non-hydrogen) atoms. The Morgan fingerprint density at radius 1 is 0.818 bits per heavy atom. The van der Waals surface area contributed by atoms with E-state index >= 15 is 0 Å². The van der Waals surface area contributed by atoms with Crippen molar-refractivity contribution < 1.29 is 19.1 Å². The molecule has 3 amide bonds. The molecule has 0 aliphatic carbocycles. The Morgan fingerprint density at radius 2 is 1.45 bits per heavy atom. The lowest BCUT2D eigenvalue weighted by molar-refractivity contribution is -0.120. The van der Waals surface area contributed by atoms with E-state index < -0.39 is 12.1 Å². The Morgan fingerprint density at radius 3 is 2.14 bits per heavy atom. The molecule has 11 heteroatoms. The van der Waals surface area contributed by atoms with E-state index in [4.69, 9.17) is 4.74 Å². The number of anilines is 2. The summed E-state index contributed by atoms with van der Waals surface area (Å²) in [6, 6.07) is 23.7. The quantitative estimate of drug-likeness (QED) is 0.304. The molecule has 0 bridgehead atoms.